The molecule has 116 heavy (non-hydrogen) atoms. The fourth-order valence-corrected chi connectivity index (χ4v) is 18.2. The fraction of sp³-hybridized carbons (Fsp3) is 0.0370. The van der Waals surface area contributed by atoms with Gasteiger partial charge in [0.2, 0.25) is 0 Å². The summed E-state index contributed by atoms with van der Waals surface area (Å²) in [6.45, 7) is 8.64. The van der Waals surface area contributed by atoms with E-state index in [1.807, 2.05) is 24.8 Å². The lowest BCUT2D eigenvalue weighted by Gasteiger charge is -2.20. The molecule has 8 nitrogen and oxygen atoms in total. The summed E-state index contributed by atoms with van der Waals surface area (Å²) >= 11 is 0. The molecule has 8 heteroatoms. The van der Waals surface area contributed by atoms with Gasteiger partial charge < -0.3 is 18.3 Å². The second-order valence-electron chi connectivity index (χ2n) is 30.9. The van der Waals surface area contributed by atoms with E-state index in [0.717, 1.165) is 150 Å². The van der Waals surface area contributed by atoms with Crippen LogP contribution in [0.1, 0.15) is 22.3 Å². The third-order valence-corrected chi connectivity index (χ3v) is 23.6. The van der Waals surface area contributed by atoms with Crippen molar-refractivity contribution in [2.45, 2.75) is 27.7 Å². The molecule has 0 spiro atoms. The molecule has 0 atom stereocenters. The van der Waals surface area contributed by atoms with Gasteiger partial charge in [-0.05, 0) is 199 Å². The number of hydrogen-bond donors (Lipinski definition) is 0. The Bertz CT molecular complexity index is 7340. The highest BCUT2D eigenvalue weighted by atomic mass is 15.0. The zero-order valence-electron chi connectivity index (χ0n) is 64.4. The van der Waals surface area contributed by atoms with E-state index in [0.29, 0.717) is 5.82 Å². The summed E-state index contributed by atoms with van der Waals surface area (Å²) in [6, 6.07) is 129. The monoisotopic (exact) mass is 1480 g/mol. The maximum Gasteiger partial charge on any atom is 0.162 e. The summed E-state index contributed by atoms with van der Waals surface area (Å²) in [5.41, 5.74) is 34.8. The summed E-state index contributed by atoms with van der Waals surface area (Å²) < 4.78 is 9.73. The molecule has 0 N–H and O–H groups in total. The van der Waals surface area contributed by atoms with Crippen LogP contribution in [-0.2, 0) is 0 Å². The van der Waals surface area contributed by atoms with Gasteiger partial charge in [-0.25, -0.2) is 9.97 Å². The lowest BCUT2D eigenvalue weighted by Crippen LogP contribution is -2.04. The van der Waals surface area contributed by atoms with Crippen molar-refractivity contribution in [2.24, 2.45) is 0 Å². The van der Waals surface area contributed by atoms with Crippen LogP contribution >= 0.6 is 0 Å². The summed E-state index contributed by atoms with van der Waals surface area (Å²) in [7, 11) is 0. The lowest BCUT2D eigenvalue weighted by atomic mass is 9.97. The summed E-state index contributed by atoms with van der Waals surface area (Å²) in [5, 5.41) is 9.26. The van der Waals surface area contributed by atoms with E-state index >= 15 is 0 Å². The number of para-hydroxylation sites is 4. The maximum atomic E-state index is 6.16. The highest BCUT2D eigenvalue weighted by Gasteiger charge is 2.27. The highest BCUT2D eigenvalue weighted by molar-refractivity contribution is 6.15. The number of nitrogens with zero attached hydrogens (tertiary/aromatic N) is 8. The van der Waals surface area contributed by atoms with Gasteiger partial charge in [0.15, 0.2) is 5.82 Å². The summed E-state index contributed by atoms with van der Waals surface area (Å²) in [4.78, 5) is 22.1. The Morgan fingerprint density at radius 3 is 0.853 bits per heavy atom. The van der Waals surface area contributed by atoms with E-state index in [9.17, 15) is 0 Å². The number of aryl methyl sites for hydroxylation is 4. The van der Waals surface area contributed by atoms with Crippen molar-refractivity contribution in [1.82, 2.24) is 38.2 Å². The minimum atomic E-state index is 0.547. The van der Waals surface area contributed by atoms with Crippen molar-refractivity contribution >= 4 is 87.2 Å². The second kappa shape index (κ2) is 27.4. The first-order chi connectivity index (χ1) is 57.1. The van der Waals surface area contributed by atoms with Crippen molar-refractivity contribution in [2.75, 3.05) is 0 Å². The van der Waals surface area contributed by atoms with Crippen molar-refractivity contribution in [3.8, 4) is 123 Å². The zero-order valence-corrected chi connectivity index (χ0v) is 64.4. The zero-order chi connectivity index (χ0) is 77.2. The number of hydrogen-bond acceptors (Lipinski definition) is 4. The van der Waals surface area contributed by atoms with Crippen molar-refractivity contribution in [3.05, 3.63) is 399 Å². The molecule has 15 aromatic carbocycles. The van der Waals surface area contributed by atoms with Gasteiger partial charge in [-0.2, -0.15) is 0 Å². The molecule has 0 aliphatic rings. The molecular weight excluding hydrogens is 1410 g/mol. The van der Waals surface area contributed by atoms with E-state index in [1.165, 1.54) is 77.2 Å². The molecule has 0 amide bonds. The third-order valence-electron chi connectivity index (χ3n) is 23.6. The SMILES string of the molecule is Cc1cccc(-c2ccc3c(c2)c2ccccc2n3-c2ccncc2-c2ccc(-n3c4ccccc4c4cc(-c5cccc(C)c5)ccc43)c(-c3cc(-c4ccccc4)nc(-c4cc(-c5cnccc5-n5c6ccccc6c6cc(-c7cccc(C)c7)ccc65)ccc4-n4c5ccccc5c5cc(-c6cccc(C)c6)ccc54)n3)c2)c1. The van der Waals surface area contributed by atoms with Gasteiger partial charge in [-0.15, -0.1) is 0 Å². The maximum absolute atomic E-state index is 6.16. The van der Waals surface area contributed by atoms with Crippen LogP contribution in [0.25, 0.3) is 211 Å². The van der Waals surface area contributed by atoms with Gasteiger partial charge in [0, 0.05) is 95.7 Å². The minimum Gasteiger partial charge on any atom is -0.309 e. The molecule has 22 aromatic rings. The Morgan fingerprint density at radius 1 is 0.190 bits per heavy atom. The van der Waals surface area contributed by atoms with Gasteiger partial charge in [-0.3, -0.25) is 9.97 Å². The molecular formula is C108H74N8. The molecule has 0 saturated heterocycles. The van der Waals surface area contributed by atoms with Gasteiger partial charge in [0.1, 0.15) is 0 Å². The average Bonchev–Trinajstić information content (AvgIpc) is 1.56. The van der Waals surface area contributed by atoms with E-state index < -0.39 is 0 Å². The number of fused-ring (bicyclic) bond motifs is 12. The van der Waals surface area contributed by atoms with E-state index in [4.69, 9.17) is 19.9 Å². The Labute approximate surface area is 671 Å². The number of benzene rings is 15. The van der Waals surface area contributed by atoms with E-state index in [-0.39, 0.29) is 0 Å². The number of rotatable bonds is 13. The lowest BCUT2D eigenvalue weighted by molar-refractivity contribution is 1.13. The van der Waals surface area contributed by atoms with E-state index in [1.54, 1.807) is 0 Å². The standard InChI is InChI=1S/C108H74N8/c1-67-20-16-26-72(54-67)76-38-44-100-86(58-76)82-30-8-12-34-96(82)113(100)104-48-42-80(92-65-109-52-50-106(92)115-98-36-14-10-32-84(98)88-60-78(40-46-102(88)115)74-28-18-22-69(3)56-74)62-90(104)95-64-94(71-24-6-5-7-25-71)111-108(112-95)91-63-81(43-49-105(91)114-97-35-13-9-31-83(97)87-59-77(39-45-101(87)114)73-27-17-21-68(2)55-73)93-66-110-53-51-107(93)116-99-37-15-11-33-85(99)89-61-79(41-47-103(89)116)75-29-19-23-70(4)57-75/h5-66H,1-4H3. The molecule has 546 valence electrons. The van der Waals surface area contributed by atoms with Crippen LogP contribution < -0.4 is 0 Å². The van der Waals surface area contributed by atoms with Crippen molar-refractivity contribution in [1.29, 1.82) is 0 Å². The van der Waals surface area contributed by atoms with Crippen molar-refractivity contribution in [3.63, 3.8) is 0 Å². The molecule has 0 aliphatic heterocycles. The normalized spacial score (nSPS) is 11.8. The second-order valence-corrected chi connectivity index (χ2v) is 30.9. The first kappa shape index (κ1) is 67.7. The molecule has 7 aromatic heterocycles. The first-order valence-electron chi connectivity index (χ1n) is 39.7. The predicted octanol–water partition coefficient (Wildman–Crippen LogP) is 27.9. The molecule has 22 rings (SSSR count). The summed E-state index contributed by atoms with van der Waals surface area (Å²) in [5.74, 6) is 0.547. The summed E-state index contributed by atoms with van der Waals surface area (Å²) in [6.07, 6.45) is 7.90. The molecule has 0 radical (unpaired) electrons. The molecule has 0 fully saturated rings. The van der Waals surface area contributed by atoms with Crippen LogP contribution in [0.2, 0.25) is 0 Å². The van der Waals surface area contributed by atoms with Gasteiger partial charge >= 0.3 is 0 Å². The van der Waals surface area contributed by atoms with Crippen LogP contribution in [-0.4, -0.2) is 38.2 Å². The van der Waals surface area contributed by atoms with Crippen LogP contribution in [0.5, 0.6) is 0 Å². The van der Waals surface area contributed by atoms with Gasteiger partial charge in [0.05, 0.1) is 78.3 Å². The highest BCUT2D eigenvalue weighted by Crippen LogP contribution is 2.47. The van der Waals surface area contributed by atoms with Crippen LogP contribution in [0, 0.1) is 27.7 Å². The topological polar surface area (TPSA) is 71.3 Å². The quantitative estimate of drug-likeness (QED) is 0.115. The first-order valence-corrected chi connectivity index (χ1v) is 39.7. The Hall–Kier alpha value is -15.1. The van der Waals surface area contributed by atoms with Crippen LogP contribution in [0.4, 0.5) is 0 Å². The van der Waals surface area contributed by atoms with Crippen LogP contribution in [0.3, 0.4) is 0 Å². The van der Waals surface area contributed by atoms with Crippen molar-refractivity contribution < 1.29 is 0 Å². The Balaban J connectivity index is 0.813. The molecule has 0 saturated carbocycles. The number of aromatic nitrogens is 8. The smallest absolute Gasteiger partial charge is 0.162 e. The Morgan fingerprint density at radius 2 is 0.483 bits per heavy atom. The third kappa shape index (κ3) is 11.4. The van der Waals surface area contributed by atoms with Crippen LogP contribution in [0.15, 0.2) is 377 Å². The largest absolute Gasteiger partial charge is 0.309 e. The molecule has 0 aliphatic carbocycles. The number of pyridine rings is 2. The Kier molecular flexibility index (Phi) is 16.0. The predicted molar refractivity (Wildman–Crippen MR) is 483 cm³/mol. The molecule has 0 bridgehead atoms. The van der Waals surface area contributed by atoms with Gasteiger partial charge in [-0.1, -0.05) is 259 Å². The fourth-order valence-electron chi connectivity index (χ4n) is 18.2. The molecule has 0 unspecified atom stereocenters. The minimum absolute atomic E-state index is 0.547. The van der Waals surface area contributed by atoms with Gasteiger partial charge in [0.25, 0.3) is 0 Å². The van der Waals surface area contributed by atoms with E-state index in [2.05, 4.69) is 398 Å². The average molecular weight is 1480 g/mol. The molecule has 7 heterocycles.